The maximum absolute atomic E-state index is 15.4. The standard InChI is InChI=1S/C32H34FN5O5/c1-37-13-10-22(11-14-37)19-42-29-18-26-24(17-28(29)41-2)31(36-20-35-26)43-27-9-8-23(16-25(27)33)38(32(40)30(34)39)15-12-21-6-4-3-5-7-21/h3-9,16-18,20,22H,10-15,19H2,1-2H3,(H2,34,39). The van der Waals surface area contributed by atoms with Gasteiger partial charge in [-0.1, -0.05) is 30.3 Å². The van der Waals surface area contributed by atoms with Gasteiger partial charge in [0.25, 0.3) is 0 Å². The second-order valence-electron chi connectivity index (χ2n) is 10.5. The topological polar surface area (TPSA) is 120 Å². The molecule has 0 aliphatic carbocycles. The number of aromatic nitrogens is 2. The zero-order valence-electron chi connectivity index (χ0n) is 24.2. The highest BCUT2D eigenvalue weighted by molar-refractivity contribution is 6.39. The molecule has 43 heavy (non-hydrogen) atoms. The normalized spacial score (nSPS) is 13.9. The van der Waals surface area contributed by atoms with E-state index in [9.17, 15) is 9.59 Å². The number of carbonyl (C=O) groups is 2. The van der Waals surface area contributed by atoms with Crippen LogP contribution in [0.2, 0.25) is 0 Å². The Morgan fingerprint density at radius 1 is 1.02 bits per heavy atom. The summed E-state index contributed by atoms with van der Waals surface area (Å²) in [4.78, 5) is 36.4. The average molecular weight is 588 g/mol. The Hall–Kier alpha value is -4.77. The minimum atomic E-state index is -1.13. The number of benzene rings is 3. The maximum atomic E-state index is 15.4. The van der Waals surface area contributed by atoms with E-state index in [1.54, 1.807) is 19.2 Å². The van der Waals surface area contributed by atoms with Gasteiger partial charge in [0, 0.05) is 24.4 Å². The van der Waals surface area contributed by atoms with Crippen molar-refractivity contribution in [2.75, 3.05) is 45.3 Å². The van der Waals surface area contributed by atoms with Crippen LogP contribution in [0.3, 0.4) is 0 Å². The molecule has 5 rings (SSSR count). The van der Waals surface area contributed by atoms with Crippen LogP contribution in [0.25, 0.3) is 10.9 Å². The van der Waals surface area contributed by atoms with Crippen molar-refractivity contribution < 1.29 is 28.2 Å². The zero-order valence-corrected chi connectivity index (χ0v) is 24.2. The summed E-state index contributed by atoms with van der Waals surface area (Å²) in [5, 5.41) is 0.503. The lowest BCUT2D eigenvalue weighted by molar-refractivity contribution is -0.135. The molecule has 224 valence electrons. The number of rotatable bonds is 10. The van der Waals surface area contributed by atoms with E-state index >= 15 is 4.39 Å². The fourth-order valence-electron chi connectivity index (χ4n) is 5.04. The summed E-state index contributed by atoms with van der Waals surface area (Å²) < 4.78 is 33.0. The van der Waals surface area contributed by atoms with Crippen molar-refractivity contribution in [3.8, 4) is 23.1 Å². The van der Waals surface area contributed by atoms with E-state index in [0.717, 1.165) is 42.5 Å². The van der Waals surface area contributed by atoms with Gasteiger partial charge < -0.3 is 29.7 Å². The molecule has 3 aromatic carbocycles. The number of likely N-dealkylation sites (tertiary alicyclic amines) is 1. The van der Waals surface area contributed by atoms with E-state index in [-0.39, 0.29) is 23.9 Å². The first-order valence-electron chi connectivity index (χ1n) is 14.1. The summed E-state index contributed by atoms with van der Waals surface area (Å²) in [5.41, 5.74) is 6.94. The number of anilines is 1. The number of ether oxygens (including phenoxy) is 3. The van der Waals surface area contributed by atoms with Crippen LogP contribution in [0.5, 0.6) is 23.1 Å². The quantitative estimate of drug-likeness (QED) is 0.272. The molecule has 0 radical (unpaired) electrons. The second kappa shape index (κ2) is 13.5. The number of primary amides is 1. The minimum absolute atomic E-state index is 0.117. The van der Waals surface area contributed by atoms with Crippen LogP contribution in [0.4, 0.5) is 10.1 Å². The Morgan fingerprint density at radius 3 is 2.49 bits per heavy atom. The summed E-state index contributed by atoms with van der Waals surface area (Å²) in [5.74, 6) is -1.34. The highest BCUT2D eigenvalue weighted by Crippen LogP contribution is 2.37. The molecule has 0 atom stereocenters. The predicted octanol–water partition coefficient (Wildman–Crippen LogP) is 4.35. The Kier molecular flexibility index (Phi) is 9.31. The molecule has 10 nitrogen and oxygen atoms in total. The van der Waals surface area contributed by atoms with Crippen LogP contribution in [0.15, 0.2) is 67.0 Å². The smallest absolute Gasteiger partial charge is 0.316 e. The molecule has 1 saturated heterocycles. The average Bonchev–Trinajstić information content (AvgIpc) is 3.02. The minimum Gasteiger partial charge on any atom is -0.493 e. The van der Waals surface area contributed by atoms with Gasteiger partial charge in [-0.05, 0) is 69.1 Å². The number of hydrogen-bond acceptors (Lipinski definition) is 8. The molecule has 0 bridgehead atoms. The number of amides is 2. The van der Waals surface area contributed by atoms with Crippen LogP contribution >= 0.6 is 0 Å². The molecular formula is C32H34FN5O5. The van der Waals surface area contributed by atoms with Crippen molar-refractivity contribution in [3.63, 3.8) is 0 Å². The SMILES string of the molecule is COc1cc2c(Oc3ccc(N(CCc4ccccc4)C(=O)C(N)=O)cc3F)ncnc2cc1OCC1CCN(C)CC1. The highest BCUT2D eigenvalue weighted by atomic mass is 19.1. The van der Waals surface area contributed by atoms with Gasteiger partial charge in [-0.2, -0.15) is 0 Å². The van der Waals surface area contributed by atoms with Crippen molar-refractivity contribution in [1.82, 2.24) is 14.9 Å². The molecular weight excluding hydrogens is 553 g/mol. The monoisotopic (exact) mass is 587 g/mol. The summed E-state index contributed by atoms with van der Waals surface area (Å²) in [6.45, 7) is 2.79. The van der Waals surface area contributed by atoms with Crippen molar-refractivity contribution in [1.29, 1.82) is 0 Å². The Morgan fingerprint density at radius 2 is 1.79 bits per heavy atom. The summed E-state index contributed by atoms with van der Waals surface area (Å²) in [6.07, 6.45) is 3.91. The van der Waals surface area contributed by atoms with E-state index in [0.29, 0.717) is 41.3 Å². The zero-order chi connectivity index (χ0) is 30.3. The highest BCUT2D eigenvalue weighted by Gasteiger charge is 2.23. The molecule has 2 heterocycles. The number of fused-ring (bicyclic) bond motifs is 1. The third-order valence-electron chi connectivity index (χ3n) is 7.55. The first-order valence-corrected chi connectivity index (χ1v) is 14.1. The second-order valence-corrected chi connectivity index (χ2v) is 10.5. The largest absolute Gasteiger partial charge is 0.493 e. The van der Waals surface area contributed by atoms with Crippen LogP contribution < -0.4 is 24.8 Å². The van der Waals surface area contributed by atoms with Gasteiger partial charge in [-0.3, -0.25) is 9.59 Å². The van der Waals surface area contributed by atoms with Gasteiger partial charge in [0.1, 0.15) is 6.33 Å². The summed E-state index contributed by atoms with van der Waals surface area (Å²) >= 11 is 0. The number of hydrogen-bond donors (Lipinski definition) is 1. The molecule has 1 aliphatic rings. The lowest BCUT2D eigenvalue weighted by atomic mass is 9.98. The van der Waals surface area contributed by atoms with E-state index < -0.39 is 17.6 Å². The third kappa shape index (κ3) is 7.18. The van der Waals surface area contributed by atoms with Crippen molar-refractivity contribution in [2.24, 2.45) is 11.7 Å². The van der Waals surface area contributed by atoms with Gasteiger partial charge >= 0.3 is 11.8 Å². The number of piperidine rings is 1. The number of halogens is 1. The predicted molar refractivity (Wildman–Crippen MR) is 160 cm³/mol. The first kappa shape index (κ1) is 29.7. The molecule has 2 N–H and O–H groups in total. The number of methoxy groups -OCH3 is 1. The first-order chi connectivity index (χ1) is 20.8. The van der Waals surface area contributed by atoms with Gasteiger partial charge in [0.05, 0.1) is 24.6 Å². The van der Waals surface area contributed by atoms with E-state index in [4.69, 9.17) is 19.9 Å². The van der Waals surface area contributed by atoms with Gasteiger partial charge in [-0.25, -0.2) is 14.4 Å². The Labute approximate surface area is 249 Å². The fraction of sp³-hybridized carbons (Fsp3) is 0.312. The van der Waals surface area contributed by atoms with Crippen molar-refractivity contribution in [3.05, 3.63) is 78.4 Å². The lowest BCUT2D eigenvalue weighted by Crippen LogP contribution is -2.41. The van der Waals surface area contributed by atoms with Gasteiger partial charge in [0.15, 0.2) is 23.1 Å². The molecule has 2 amide bonds. The number of carbonyl (C=O) groups excluding carboxylic acids is 2. The molecule has 0 saturated carbocycles. The molecule has 11 heteroatoms. The third-order valence-corrected chi connectivity index (χ3v) is 7.55. The van der Waals surface area contributed by atoms with Gasteiger partial charge in [0.2, 0.25) is 5.88 Å². The van der Waals surface area contributed by atoms with Crippen LogP contribution in [0.1, 0.15) is 18.4 Å². The molecule has 1 fully saturated rings. The van der Waals surface area contributed by atoms with Crippen molar-refractivity contribution >= 4 is 28.4 Å². The number of nitrogens with two attached hydrogens (primary N) is 1. The van der Waals surface area contributed by atoms with Crippen LogP contribution in [-0.4, -0.2) is 67.1 Å². The van der Waals surface area contributed by atoms with Crippen LogP contribution in [-0.2, 0) is 16.0 Å². The Bertz CT molecular complexity index is 1590. The van der Waals surface area contributed by atoms with Gasteiger partial charge in [-0.15, -0.1) is 0 Å². The van der Waals surface area contributed by atoms with E-state index in [1.807, 2.05) is 30.3 Å². The molecule has 4 aromatic rings. The summed E-state index contributed by atoms with van der Waals surface area (Å²) in [7, 11) is 3.67. The lowest BCUT2D eigenvalue weighted by Gasteiger charge is -2.28. The Balaban J connectivity index is 1.35. The van der Waals surface area contributed by atoms with E-state index in [1.165, 1.54) is 18.5 Å². The molecule has 0 spiro atoms. The fourth-order valence-corrected chi connectivity index (χ4v) is 5.04. The summed E-state index contributed by atoms with van der Waals surface area (Å²) in [6, 6.07) is 16.9. The molecule has 1 aromatic heterocycles. The van der Waals surface area contributed by atoms with E-state index in [2.05, 4.69) is 21.9 Å². The van der Waals surface area contributed by atoms with Crippen LogP contribution in [0, 0.1) is 11.7 Å². The molecule has 0 unspecified atom stereocenters. The van der Waals surface area contributed by atoms with Crippen molar-refractivity contribution in [2.45, 2.75) is 19.3 Å². The number of nitrogens with zero attached hydrogens (tertiary/aromatic N) is 4. The maximum Gasteiger partial charge on any atom is 0.316 e. The molecule has 1 aliphatic heterocycles.